The quantitative estimate of drug-likeness (QED) is 0.210. The van der Waals surface area contributed by atoms with Crippen LogP contribution in [0, 0.1) is 0 Å². The van der Waals surface area contributed by atoms with E-state index in [1.165, 1.54) is 12.1 Å². The Morgan fingerprint density at radius 2 is 1.93 bits per heavy atom. The number of hydrogen-bond donors (Lipinski definition) is 1. The van der Waals surface area contributed by atoms with E-state index in [1.54, 1.807) is 36.5 Å². The number of rotatable bonds is 9. The number of esters is 1. The number of alkyl halides is 3. The fourth-order valence-electron chi connectivity index (χ4n) is 6.21. The van der Waals surface area contributed by atoms with Gasteiger partial charge in [0.25, 0.3) is 0 Å². The SMILES string of the molecule is CCOC(=O)c1ccc2nc(N3C4CC(NCc5c(-c6ccccc6OC(F)(F)F)noc5C5CC5)CC3C4)sc2c1. The zero-order valence-electron chi connectivity index (χ0n) is 22.8. The third-order valence-corrected chi connectivity index (χ3v) is 9.29. The second kappa shape index (κ2) is 10.6. The van der Waals surface area contributed by atoms with Crippen molar-refractivity contribution in [2.75, 3.05) is 11.5 Å². The van der Waals surface area contributed by atoms with E-state index in [0.717, 1.165) is 58.8 Å². The van der Waals surface area contributed by atoms with Crippen LogP contribution in [0.4, 0.5) is 18.3 Å². The number of para-hydroxylation sites is 1. The van der Waals surface area contributed by atoms with Crippen molar-refractivity contribution < 1.29 is 32.0 Å². The fourth-order valence-corrected chi connectivity index (χ4v) is 7.36. The van der Waals surface area contributed by atoms with Gasteiger partial charge in [-0.05, 0) is 69.4 Å². The number of nitrogens with zero attached hydrogens (tertiary/aromatic N) is 3. The smallest absolute Gasteiger partial charge is 0.462 e. The predicted octanol–water partition coefficient (Wildman–Crippen LogP) is 6.80. The number of aromatic nitrogens is 2. The molecule has 4 heterocycles. The van der Waals surface area contributed by atoms with Gasteiger partial charge >= 0.3 is 12.3 Å². The number of carbonyl (C=O) groups is 1. The van der Waals surface area contributed by atoms with Crippen LogP contribution in [-0.4, -0.2) is 47.2 Å². The average molecular weight is 599 g/mol. The van der Waals surface area contributed by atoms with Crippen molar-refractivity contribution in [3.05, 3.63) is 59.4 Å². The van der Waals surface area contributed by atoms with Crippen LogP contribution in [0.5, 0.6) is 5.75 Å². The van der Waals surface area contributed by atoms with Crippen LogP contribution in [0.15, 0.2) is 47.0 Å². The zero-order chi connectivity index (χ0) is 29.0. The normalized spacial score (nSPS) is 21.8. The van der Waals surface area contributed by atoms with Gasteiger partial charge in [-0.2, -0.15) is 0 Å². The molecule has 2 bridgehead atoms. The van der Waals surface area contributed by atoms with E-state index in [-0.39, 0.29) is 29.2 Å². The van der Waals surface area contributed by atoms with E-state index in [2.05, 4.69) is 20.1 Å². The Morgan fingerprint density at radius 1 is 1.14 bits per heavy atom. The van der Waals surface area contributed by atoms with Gasteiger partial charge in [0.2, 0.25) is 0 Å². The number of anilines is 1. The lowest BCUT2D eigenvalue weighted by Crippen LogP contribution is -2.64. The van der Waals surface area contributed by atoms with Crippen molar-refractivity contribution in [2.45, 2.75) is 76.0 Å². The van der Waals surface area contributed by atoms with Crippen molar-refractivity contribution in [1.82, 2.24) is 15.5 Å². The van der Waals surface area contributed by atoms with E-state index in [0.29, 0.717) is 36.5 Å². The number of carbonyl (C=O) groups excluding carboxylic acids is 1. The van der Waals surface area contributed by atoms with Crippen molar-refractivity contribution in [2.24, 2.45) is 0 Å². The largest absolute Gasteiger partial charge is 0.573 e. The second-order valence-corrected chi connectivity index (χ2v) is 12.1. The summed E-state index contributed by atoms with van der Waals surface area (Å²) < 4.78 is 55.4. The molecule has 4 fully saturated rings. The highest BCUT2D eigenvalue weighted by atomic mass is 32.1. The predicted molar refractivity (Wildman–Crippen MR) is 151 cm³/mol. The first-order chi connectivity index (χ1) is 20.3. The van der Waals surface area contributed by atoms with Gasteiger partial charge in [0.05, 0.1) is 22.4 Å². The summed E-state index contributed by atoms with van der Waals surface area (Å²) in [6.07, 6.45) is 0.0964. The summed E-state index contributed by atoms with van der Waals surface area (Å²) in [7, 11) is 0. The van der Waals surface area contributed by atoms with Crippen molar-refractivity contribution >= 4 is 32.7 Å². The van der Waals surface area contributed by atoms with E-state index >= 15 is 0 Å². The Hall–Kier alpha value is -3.64. The molecule has 1 N–H and O–H groups in total. The Kier molecular flexibility index (Phi) is 6.85. The van der Waals surface area contributed by atoms with E-state index < -0.39 is 6.36 Å². The molecule has 42 heavy (non-hydrogen) atoms. The van der Waals surface area contributed by atoms with Gasteiger partial charge in [-0.1, -0.05) is 28.6 Å². The molecule has 4 aromatic rings. The molecule has 12 heteroatoms. The van der Waals surface area contributed by atoms with Gasteiger partial charge in [0.1, 0.15) is 17.2 Å². The Morgan fingerprint density at radius 3 is 2.67 bits per heavy atom. The minimum Gasteiger partial charge on any atom is -0.462 e. The third kappa shape index (κ3) is 5.22. The molecule has 2 saturated heterocycles. The summed E-state index contributed by atoms with van der Waals surface area (Å²) in [5, 5.41) is 8.84. The molecule has 220 valence electrons. The molecule has 8 rings (SSSR count). The number of halogens is 3. The molecule has 2 aliphatic heterocycles. The Labute approximate surface area is 243 Å². The number of nitrogens with one attached hydrogen (secondary N) is 1. The van der Waals surface area contributed by atoms with Gasteiger partial charge in [0.15, 0.2) is 5.13 Å². The zero-order valence-corrected chi connectivity index (χ0v) is 23.6. The molecule has 2 unspecified atom stereocenters. The molecule has 2 aromatic carbocycles. The number of thiazole rings is 1. The first kappa shape index (κ1) is 27.2. The maximum Gasteiger partial charge on any atom is 0.573 e. The standard InChI is InChI=1S/C30H29F3N4O4S/c1-2-39-28(38)17-9-10-23-25(11-17)42-29(35-23)37-19-12-18(13-20(37)14-19)34-15-22-26(36-41-27(22)16-7-8-16)21-5-3-4-6-24(21)40-30(31,32)33/h3-6,9-11,16,18-20,34H,2,7-8,12-15H2,1H3. The van der Waals surface area contributed by atoms with Gasteiger partial charge in [-0.25, -0.2) is 9.78 Å². The molecule has 2 atom stereocenters. The molecule has 0 amide bonds. The van der Waals surface area contributed by atoms with E-state index in [4.69, 9.17) is 14.2 Å². The van der Waals surface area contributed by atoms with Crippen molar-refractivity contribution in [1.29, 1.82) is 0 Å². The molecule has 2 aliphatic carbocycles. The number of piperidine rings is 1. The van der Waals surface area contributed by atoms with E-state index in [1.807, 2.05) is 12.1 Å². The van der Waals surface area contributed by atoms with Crippen molar-refractivity contribution in [3.63, 3.8) is 0 Å². The molecule has 4 aliphatic rings. The first-order valence-electron chi connectivity index (χ1n) is 14.2. The number of hydrogen-bond acceptors (Lipinski definition) is 9. The lowest BCUT2D eigenvalue weighted by atomic mass is 9.77. The maximum atomic E-state index is 13.1. The number of fused-ring (bicyclic) bond motifs is 3. The van der Waals surface area contributed by atoms with Crippen LogP contribution < -0.4 is 15.0 Å². The monoisotopic (exact) mass is 598 g/mol. The number of ether oxygens (including phenoxy) is 2. The molecule has 2 aromatic heterocycles. The molecule has 2 saturated carbocycles. The molecule has 0 radical (unpaired) electrons. The minimum atomic E-state index is -4.81. The van der Waals surface area contributed by atoms with Crippen molar-refractivity contribution in [3.8, 4) is 17.0 Å². The highest BCUT2D eigenvalue weighted by Crippen LogP contribution is 2.47. The summed E-state index contributed by atoms with van der Waals surface area (Å²) in [4.78, 5) is 19.4. The highest BCUT2D eigenvalue weighted by Gasteiger charge is 2.46. The van der Waals surface area contributed by atoms with Gasteiger partial charge in [-0.3, -0.25) is 0 Å². The summed E-state index contributed by atoms with van der Waals surface area (Å²) in [5.74, 6) is 0.374. The molecular formula is C30H29F3N4O4S. The van der Waals surface area contributed by atoms with Crippen LogP contribution in [0.3, 0.4) is 0 Å². The average Bonchev–Trinajstić information content (AvgIpc) is 3.58. The molecule has 0 spiro atoms. The minimum absolute atomic E-state index is 0.242. The number of benzene rings is 2. The van der Waals surface area contributed by atoms with Gasteiger partial charge < -0.3 is 24.2 Å². The first-order valence-corrected chi connectivity index (χ1v) is 15.0. The van der Waals surface area contributed by atoms with Crippen LogP contribution in [-0.2, 0) is 11.3 Å². The fraction of sp³-hybridized carbons (Fsp3) is 0.433. The van der Waals surface area contributed by atoms with Crippen LogP contribution in [0.2, 0.25) is 0 Å². The lowest BCUT2D eigenvalue weighted by Gasteiger charge is -2.55. The molecule has 8 nitrogen and oxygen atoms in total. The van der Waals surface area contributed by atoms with Gasteiger partial charge in [-0.15, -0.1) is 13.2 Å². The maximum absolute atomic E-state index is 13.1. The highest BCUT2D eigenvalue weighted by molar-refractivity contribution is 7.22. The van der Waals surface area contributed by atoms with Crippen LogP contribution in [0.1, 0.15) is 66.6 Å². The third-order valence-electron chi connectivity index (χ3n) is 8.26. The van der Waals surface area contributed by atoms with E-state index in [9.17, 15) is 18.0 Å². The summed E-state index contributed by atoms with van der Waals surface area (Å²) in [6, 6.07) is 12.5. The lowest BCUT2D eigenvalue weighted by molar-refractivity contribution is -0.274. The van der Waals surface area contributed by atoms with Crippen LogP contribution >= 0.6 is 11.3 Å². The summed E-state index contributed by atoms with van der Waals surface area (Å²) in [6.45, 7) is 2.57. The summed E-state index contributed by atoms with van der Waals surface area (Å²) in [5.41, 5.74) is 2.85. The Balaban J connectivity index is 1.06. The Bertz CT molecular complexity index is 1620. The summed E-state index contributed by atoms with van der Waals surface area (Å²) >= 11 is 1.59. The molecular weight excluding hydrogens is 569 g/mol. The second-order valence-electron chi connectivity index (χ2n) is 11.1. The van der Waals surface area contributed by atoms with Gasteiger partial charge in [0, 0.05) is 41.7 Å². The topological polar surface area (TPSA) is 89.7 Å². The van der Waals surface area contributed by atoms with Crippen LogP contribution in [0.25, 0.3) is 21.5 Å².